The van der Waals surface area contributed by atoms with Gasteiger partial charge in [-0.15, -0.1) is 11.3 Å². The summed E-state index contributed by atoms with van der Waals surface area (Å²) in [5.74, 6) is 0. The van der Waals surface area contributed by atoms with E-state index in [9.17, 15) is 0 Å². The van der Waals surface area contributed by atoms with Gasteiger partial charge in [0, 0.05) is 22.0 Å². The topological polar surface area (TPSA) is 40.7 Å². The predicted molar refractivity (Wildman–Crippen MR) is 77.0 cm³/mol. The second-order valence-corrected chi connectivity index (χ2v) is 5.78. The monoisotopic (exact) mass is 263 g/mol. The summed E-state index contributed by atoms with van der Waals surface area (Å²) in [5.41, 5.74) is 2.53. The number of rotatable bonds is 7. The molecule has 0 bridgehead atoms. The first-order chi connectivity index (χ1) is 8.79. The van der Waals surface area contributed by atoms with Crippen molar-refractivity contribution in [3.05, 3.63) is 39.3 Å². The van der Waals surface area contributed by atoms with Crippen molar-refractivity contribution in [2.24, 2.45) is 0 Å². The summed E-state index contributed by atoms with van der Waals surface area (Å²) >= 11 is 1.91. The zero-order valence-corrected chi connectivity index (χ0v) is 11.9. The summed E-state index contributed by atoms with van der Waals surface area (Å²) < 4.78 is 0. The summed E-state index contributed by atoms with van der Waals surface area (Å²) in [5, 5.41) is 10.5. The lowest BCUT2D eigenvalue weighted by atomic mass is 10.1. The quantitative estimate of drug-likeness (QED) is 0.754. The zero-order valence-electron chi connectivity index (χ0n) is 11.1. The van der Waals surface area contributed by atoms with Gasteiger partial charge < -0.3 is 5.32 Å². The van der Waals surface area contributed by atoms with Gasteiger partial charge in [-0.05, 0) is 50.4 Å². The highest BCUT2D eigenvalue weighted by molar-refractivity contribution is 7.11. The number of nitrogens with zero attached hydrogens (tertiary/aromatic N) is 1. The lowest BCUT2D eigenvalue weighted by molar-refractivity contribution is 0.653. The van der Waals surface area contributed by atoms with Gasteiger partial charge in [0.05, 0.1) is 6.20 Å². The van der Waals surface area contributed by atoms with Gasteiger partial charge in [0.25, 0.3) is 0 Å². The van der Waals surface area contributed by atoms with Crippen LogP contribution in [-0.4, -0.2) is 16.7 Å². The minimum atomic E-state index is 0.995. The van der Waals surface area contributed by atoms with Crippen molar-refractivity contribution in [3.8, 4) is 0 Å². The van der Waals surface area contributed by atoms with Crippen LogP contribution < -0.4 is 5.32 Å². The van der Waals surface area contributed by atoms with E-state index in [1.807, 2.05) is 17.5 Å². The third-order valence-electron chi connectivity index (χ3n) is 3.10. The Morgan fingerprint density at radius 1 is 1.33 bits per heavy atom. The smallest absolute Gasteiger partial charge is 0.0522 e. The molecule has 0 aliphatic heterocycles. The van der Waals surface area contributed by atoms with E-state index in [0.29, 0.717) is 0 Å². The van der Waals surface area contributed by atoms with Crippen LogP contribution in [0.15, 0.2) is 18.3 Å². The first-order valence-electron chi connectivity index (χ1n) is 6.56. The van der Waals surface area contributed by atoms with Gasteiger partial charge in [0.1, 0.15) is 0 Å². The molecule has 0 atom stereocenters. The molecule has 2 aromatic rings. The van der Waals surface area contributed by atoms with Crippen LogP contribution in [0.25, 0.3) is 0 Å². The Balaban J connectivity index is 1.63. The maximum absolute atomic E-state index is 4.04. The highest BCUT2D eigenvalue weighted by Gasteiger charge is 2.00. The standard InChI is InChI=1S/C14H21N3S/c1-3-13-6-7-14(18-13)10-15-8-4-5-12-9-16-17-11(12)2/h6-7,9,15H,3-5,8,10H2,1-2H3,(H,16,17). The second-order valence-electron chi connectivity index (χ2n) is 4.52. The molecule has 0 radical (unpaired) electrons. The van der Waals surface area contributed by atoms with Gasteiger partial charge >= 0.3 is 0 Å². The van der Waals surface area contributed by atoms with Crippen LogP contribution in [0.3, 0.4) is 0 Å². The summed E-state index contributed by atoms with van der Waals surface area (Å²) in [4.78, 5) is 2.91. The molecular formula is C14H21N3S. The highest BCUT2D eigenvalue weighted by atomic mass is 32.1. The molecule has 0 aliphatic rings. The number of H-pyrrole nitrogens is 1. The third-order valence-corrected chi connectivity index (χ3v) is 4.33. The second kappa shape index (κ2) is 6.71. The average molecular weight is 263 g/mol. The molecule has 0 aromatic carbocycles. The van der Waals surface area contributed by atoms with Crippen molar-refractivity contribution >= 4 is 11.3 Å². The fourth-order valence-electron chi connectivity index (χ4n) is 1.95. The molecule has 0 amide bonds. The molecule has 0 spiro atoms. The molecular weight excluding hydrogens is 242 g/mol. The van der Waals surface area contributed by atoms with Gasteiger partial charge in [0.15, 0.2) is 0 Å². The van der Waals surface area contributed by atoms with Gasteiger partial charge in [-0.25, -0.2) is 0 Å². The Bertz CT molecular complexity index is 473. The zero-order chi connectivity index (χ0) is 12.8. The Hall–Kier alpha value is -1.13. The van der Waals surface area contributed by atoms with E-state index in [-0.39, 0.29) is 0 Å². The molecule has 2 aromatic heterocycles. The number of aryl methyl sites for hydroxylation is 3. The summed E-state index contributed by atoms with van der Waals surface area (Å²) in [6, 6.07) is 4.47. The Kier molecular flexibility index (Phi) is 4.96. The minimum absolute atomic E-state index is 0.995. The number of hydrogen-bond donors (Lipinski definition) is 2. The summed E-state index contributed by atoms with van der Waals surface area (Å²) in [7, 11) is 0. The molecule has 18 heavy (non-hydrogen) atoms. The molecule has 0 unspecified atom stereocenters. The Labute approximate surface area is 113 Å². The number of aromatic nitrogens is 2. The predicted octanol–water partition coefficient (Wildman–Crippen LogP) is 3.06. The normalized spacial score (nSPS) is 11.0. The molecule has 2 heterocycles. The van der Waals surface area contributed by atoms with Crippen molar-refractivity contribution in [1.82, 2.24) is 15.5 Å². The SMILES string of the molecule is CCc1ccc(CNCCCc2cn[nH]c2C)s1. The summed E-state index contributed by atoms with van der Waals surface area (Å²) in [6.45, 7) is 6.34. The van der Waals surface area contributed by atoms with Gasteiger partial charge in [0.2, 0.25) is 0 Å². The van der Waals surface area contributed by atoms with E-state index in [0.717, 1.165) is 32.4 Å². The lowest BCUT2D eigenvalue weighted by Gasteiger charge is -2.02. The molecule has 2 rings (SSSR count). The van der Waals surface area contributed by atoms with Crippen molar-refractivity contribution in [1.29, 1.82) is 0 Å². The highest BCUT2D eigenvalue weighted by Crippen LogP contribution is 2.16. The van der Waals surface area contributed by atoms with Crippen LogP contribution >= 0.6 is 11.3 Å². The van der Waals surface area contributed by atoms with Crippen LogP contribution in [0.5, 0.6) is 0 Å². The molecule has 0 fully saturated rings. The first-order valence-corrected chi connectivity index (χ1v) is 7.38. The van der Waals surface area contributed by atoms with Crippen LogP contribution in [0.2, 0.25) is 0 Å². The number of thiophene rings is 1. The Morgan fingerprint density at radius 2 is 2.17 bits per heavy atom. The van der Waals surface area contributed by atoms with Crippen molar-refractivity contribution in [3.63, 3.8) is 0 Å². The summed E-state index contributed by atoms with van der Waals surface area (Å²) in [6.07, 6.45) is 5.33. The third kappa shape index (κ3) is 3.68. The van der Waals surface area contributed by atoms with E-state index in [2.05, 4.69) is 41.5 Å². The van der Waals surface area contributed by atoms with E-state index in [1.165, 1.54) is 21.0 Å². The van der Waals surface area contributed by atoms with E-state index in [1.54, 1.807) is 0 Å². The van der Waals surface area contributed by atoms with E-state index < -0.39 is 0 Å². The van der Waals surface area contributed by atoms with E-state index >= 15 is 0 Å². The van der Waals surface area contributed by atoms with Crippen LogP contribution in [0, 0.1) is 6.92 Å². The van der Waals surface area contributed by atoms with Crippen LogP contribution in [0.1, 0.15) is 34.4 Å². The molecule has 2 N–H and O–H groups in total. The average Bonchev–Trinajstić information content (AvgIpc) is 2.98. The van der Waals surface area contributed by atoms with Crippen molar-refractivity contribution in [2.75, 3.05) is 6.54 Å². The number of hydrogen-bond acceptors (Lipinski definition) is 3. The van der Waals surface area contributed by atoms with Gasteiger partial charge in [-0.3, -0.25) is 5.10 Å². The molecule has 3 nitrogen and oxygen atoms in total. The number of aromatic amines is 1. The van der Waals surface area contributed by atoms with Crippen LogP contribution in [0.4, 0.5) is 0 Å². The largest absolute Gasteiger partial charge is 0.312 e. The molecule has 98 valence electrons. The fourth-order valence-corrected chi connectivity index (χ4v) is 2.88. The molecule has 4 heteroatoms. The van der Waals surface area contributed by atoms with Gasteiger partial charge in [-0.2, -0.15) is 5.10 Å². The minimum Gasteiger partial charge on any atom is -0.312 e. The van der Waals surface area contributed by atoms with Crippen molar-refractivity contribution in [2.45, 2.75) is 39.7 Å². The maximum Gasteiger partial charge on any atom is 0.0522 e. The maximum atomic E-state index is 4.04. The Morgan fingerprint density at radius 3 is 2.83 bits per heavy atom. The van der Waals surface area contributed by atoms with Crippen LogP contribution in [-0.2, 0) is 19.4 Å². The van der Waals surface area contributed by atoms with Crippen molar-refractivity contribution < 1.29 is 0 Å². The lowest BCUT2D eigenvalue weighted by Crippen LogP contribution is -2.14. The van der Waals surface area contributed by atoms with E-state index in [4.69, 9.17) is 0 Å². The molecule has 0 aliphatic carbocycles. The molecule has 0 saturated carbocycles. The number of nitrogens with one attached hydrogen (secondary N) is 2. The fraction of sp³-hybridized carbons (Fsp3) is 0.500. The van der Waals surface area contributed by atoms with Gasteiger partial charge in [-0.1, -0.05) is 6.92 Å². The molecule has 0 saturated heterocycles. The first kappa shape index (κ1) is 13.3.